The third-order valence-electron chi connectivity index (χ3n) is 4.23. The molecular weight excluding hydrogens is 370 g/mol. The van der Waals surface area contributed by atoms with Crippen LogP contribution in [0.5, 0.6) is 11.5 Å². The molecule has 0 saturated heterocycles. The average Bonchev–Trinajstić information content (AvgIpc) is 2.71. The number of rotatable bonds is 7. The molecule has 2 aromatic rings. The molecule has 0 aliphatic carbocycles. The van der Waals surface area contributed by atoms with Crippen LogP contribution < -0.4 is 20.2 Å². The van der Waals surface area contributed by atoms with E-state index >= 15 is 0 Å². The van der Waals surface area contributed by atoms with Crippen molar-refractivity contribution in [1.82, 2.24) is 10.7 Å². The van der Waals surface area contributed by atoms with Gasteiger partial charge in [-0.1, -0.05) is 32.9 Å². The lowest BCUT2D eigenvalue weighted by molar-refractivity contribution is -0.120. The number of methoxy groups -OCH3 is 2. The summed E-state index contributed by atoms with van der Waals surface area (Å²) in [7, 11) is 3.10. The van der Waals surface area contributed by atoms with Crippen LogP contribution in [0.15, 0.2) is 47.6 Å². The average molecular weight is 397 g/mol. The molecule has 2 amide bonds. The number of nitrogens with zero attached hydrogens (tertiary/aromatic N) is 1. The van der Waals surface area contributed by atoms with Crippen LogP contribution in [-0.4, -0.2) is 38.8 Å². The molecule has 29 heavy (non-hydrogen) atoms. The smallest absolute Gasteiger partial charge is 0.259 e. The maximum absolute atomic E-state index is 12.2. The van der Waals surface area contributed by atoms with E-state index in [2.05, 4.69) is 36.6 Å². The van der Waals surface area contributed by atoms with Crippen molar-refractivity contribution in [2.24, 2.45) is 5.10 Å². The van der Waals surface area contributed by atoms with Gasteiger partial charge in [0.05, 0.1) is 27.0 Å². The Kier molecular flexibility index (Phi) is 7.36. The standard InChI is InChI=1S/C22H27N3O4/c1-22(2,3)17-9-7-16(8-10-17)21(27)23-14-20(26)25-24-13-15-6-11-18(28-4)19(12-15)29-5/h6-13H,14H2,1-5H3,(H,23,27)(H,25,26)/b24-13+. The summed E-state index contributed by atoms with van der Waals surface area (Å²) in [6.07, 6.45) is 1.48. The molecular formula is C22H27N3O4. The quantitative estimate of drug-likeness (QED) is 0.555. The summed E-state index contributed by atoms with van der Waals surface area (Å²) >= 11 is 0. The first-order valence-corrected chi connectivity index (χ1v) is 9.17. The lowest BCUT2D eigenvalue weighted by Gasteiger charge is -2.19. The highest BCUT2D eigenvalue weighted by Crippen LogP contribution is 2.26. The van der Waals surface area contributed by atoms with Crippen LogP contribution in [0.2, 0.25) is 0 Å². The van der Waals surface area contributed by atoms with Crippen molar-refractivity contribution >= 4 is 18.0 Å². The fourth-order valence-electron chi connectivity index (χ4n) is 2.54. The van der Waals surface area contributed by atoms with Gasteiger partial charge in [-0.3, -0.25) is 9.59 Å². The molecule has 0 aliphatic rings. The minimum atomic E-state index is -0.429. The van der Waals surface area contributed by atoms with Gasteiger partial charge in [0.25, 0.3) is 11.8 Å². The molecule has 154 valence electrons. The van der Waals surface area contributed by atoms with Gasteiger partial charge in [0.15, 0.2) is 11.5 Å². The number of carbonyl (C=O) groups is 2. The Morgan fingerprint density at radius 2 is 1.66 bits per heavy atom. The van der Waals surface area contributed by atoms with Gasteiger partial charge in [-0.2, -0.15) is 5.10 Å². The highest BCUT2D eigenvalue weighted by Gasteiger charge is 2.14. The van der Waals surface area contributed by atoms with Gasteiger partial charge in [0, 0.05) is 5.56 Å². The van der Waals surface area contributed by atoms with Gasteiger partial charge in [0.1, 0.15) is 0 Å². The fourth-order valence-corrected chi connectivity index (χ4v) is 2.54. The van der Waals surface area contributed by atoms with E-state index in [-0.39, 0.29) is 17.9 Å². The first kappa shape index (κ1) is 21.9. The molecule has 0 saturated carbocycles. The molecule has 0 bridgehead atoms. The Bertz CT molecular complexity index is 884. The summed E-state index contributed by atoms with van der Waals surface area (Å²) in [4.78, 5) is 24.1. The van der Waals surface area contributed by atoms with Crippen molar-refractivity contribution in [2.75, 3.05) is 20.8 Å². The SMILES string of the molecule is COc1ccc(/C=N/NC(=O)CNC(=O)c2ccc(C(C)(C)C)cc2)cc1OC. The molecule has 0 aromatic heterocycles. The second-order valence-corrected chi connectivity index (χ2v) is 7.42. The lowest BCUT2D eigenvalue weighted by atomic mass is 9.87. The highest BCUT2D eigenvalue weighted by molar-refractivity contribution is 5.96. The molecule has 2 N–H and O–H groups in total. The molecule has 0 heterocycles. The number of carbonyl (C=O) groups excluding carboxylic acids is 2. The van der Waals surface area contributed by atoms with Crippen molar-refractivity contribution in [2.45, 2.75) is 26.2 Å². The molecule has 0 radical (unpaired) electrons. The molecule has 0 aliphatic heterocycles. The fraction of sp³-hybridized carbons (Fsp3) is 0.318. The van der Waals surface area contributed by atoms with Crippen molar-refractivity contribution in [3.8, 4) is 11.5 Å². The minimum absolute atomic E-state index is 0.0147. The number of hydrogen-bond acceptors (Lipinski definition) is 5. The van der Waals surface area contributed by atoms with Crippen LogP contribution in [0.25, 0.3) is 0 Å². The molecule has 2 rings (SSSR count). The molecule has 0 atom stereocenters. The van der Waals surface area contributed by atoms with E-state index in [1.165, 1.54) is 6.21 Å². The van der Waals surface area contributed by atoms with E-state index in [1.807, 2.05) is 12.1 Å². The highest BCUT2D eigenvalue weighted by atomic mass is 16.5. The van der Waals surface area contributed by atoms with E-state index in [1.54, 1.807) is 44.6 Å². The summed E-state index contributed by atoms with van der Waals surface area (Å²) < 4.78 is 10.4. The molecule has 0 fully saturated rings. The van der Waals surface area contributed by atoms with Gasteiger partial charge in [0.2, 0.25) is 0 Å². The Hall–Kier alpha value is -3.35. The number of hydrogen-bond donors (Lipinski definition) is 2. The first-order valence-electron chi connectivity index (χ1n) is 9.17. The summed E-state index contributed by atoms with van der Waals surface area (Å²) in [5, 5.41) is 6.47. The summed E-state index contributed by atoms with van der Waals surface area (Å²) in [5.41, 5.74) is 4.75. The maximum Gasteiger partial charge on any atom is 0.259 e. The topological polar surface area (TPSA) is 89.0 Å². The van der Waals surface area contributed by atoms with Crippen molar-refractivity contribution < 1.29 is 19.1 Å². The molecule has 0 unspecified atom stereocenters. The van der Waals surface area contributed by atoms with Crippen LogP contribution in [0.1, 0.15) is 42.3 Å². The van der Waals surface area contributed by atoms with Crippen LogP contribution in [0, 0.1) is 0 Å². The van der Waals surface area contributed by atoms with E-state index in [0.29, 0.717) is 17.1 Å². The summed E-state index contributed by atoms with van der Waals surface area (Å²) in [6, 6.07) is 12.6. The zero-order chi connectivity index (χ0) is 21.4. The molecule has 7 heteroatoms. The largest absolute Gasteiger partial charge is 0.493 e. The van der Waals surface area contributed by atoms with Gasteiger partial charge in [-0.25, -0.2) is 5.43 Å². The zero-order valence-corrected chi connectivity index (χ0v) is 17.4. The van der Waals surface area contributed by atoms with Crippen LogP contribution in [0.3, 0.4) is 0 Å². The lowest BCUT2D eigenvalue weighted by Crippen LogP contribution is -2.34. The Morgan fingerprint density at radius 1 is 1.00 bits per heavy atom. The Labute approximate surface area is 171 Å². The first-order chi connectivity index (χ1) is 13.7. The van der Waals surface area contributed by atoms with Crippen molar-refractivity contribution in [3.05, 3.63) is 59.2 Å². The number of benzene rings is 2. The number of hydrazone groups is 1. The number of ether oxygens (including phenoxy) is 2. The summed E-state index contributed by atoms with van der Waals surface area (Å²) in [5.74, 6) is 0.422. The monoisotopic (exact) mass is 397 g/mol. The van der Waals surface area contributed by atoms with Gasteiger partial charge < -0.3 is 14.8 Å². The van der Waals surface area contributed by atoms with E-state index in [0.717, 1.165) is 11.1 Å². The maximum atomic E-state index is 12.2. The van der Waals surface area contributed by atoms with Crippen molar-refractivity contribution in [3.63, 3.8) is 0 Å². The molecule has 2 aromatic carbocycles. The number of amides is 2. The predicted octanol–water partition coefficient (Wildman–Crippen LogP) is 2.88. The second-order valence-electron chi connectivity index (χ2n) is 7.42. The normalized spacial score (nSPS) is 11.2. The van der Waals surface area contributed by atoms with E-state index in [9.17, 15) is 9.59 Å². The number of nitrogens with one attached hydrogen (secondary N) is 2. The van der Waals surface area contributed by atoms with Gasteiger partial charge >= 0.3 is 0 Å². The predicted molar refractivity (Wildman–Crippen MR) is 113 cm³/mol. The Morgan fingerprint density at radius 3 is 2.24 bits per heavy atom. The molecule has 7 nitrogen and oxygen atoms in total. The van der Waals surface area contributed by atoms with E-state index in [4.69, 9.17) is 9.47 Å². The van der Waals surface area contributed by atoms with Crippen LogP contribution in [-0.2, 0) is 10.2 Å². The zero-order valence-electron chi connectivity index (χ0n) is 17.4. The summed E-state index contributed by atoms with van der Waals surface area (Å²) in [6.45, 7) is 6.14. The Balaban J connectivity index is 1.85. The van der Waals surface area contributed by atoms with Crippen LogP contribution >= 0.6 is 0 Å². The van der Waals surface area contributed by atoms with Crippen molar-refractivity contribution in [1.29, 1.82) is 0 Å². The van der Waals surface area contributed by atoms with Crippen LogP contribution in [0.4, 0.5) is 0 Å². The molecule has 0 spiro atoms. The van der Waals surface area contributed by atoms with Gasteiger partial charge in [-0.05, 0) is 46.9 Å². The van der Waals surface area contributed by atoms with E-state index < -0.39 is 5.91 Å². The second kappa shape index (κ2) is 9.73. The van der Waals surface area contributed by atoms with Gasteiger partial charge in [-0.15, -0.1) is 0 Å². The minimum Gasteiger partial charge on any atom is -0.493 e. The third kappa shape index (κ3) is 6.34. The third-order valence-corrected chi connectivity index (χ3v) is 4.23.